The quantitative estimate of drug-likeness (QED) is 0.312. The maximum Gasteiger partial charge on any atom is 0.263 e. The number of fused-ring (bicyclic) bond motifs is 3. The summed E-state index contributed by atoms with van der Waals surface area (Å²) >= 11 is 2.67. The number of para-hydroxylation sites is 1. The molecule has 8 nitrogen and oxygen atoms in total. The Morgan fingerprint density at radius 2 is 2.06 bits per heavy atom. The Kier molecular flexibility index (Phi) is 6.48. The van der Waals surface area contributed by atoms with E-state index < -0.39 is 0 Å². The molecule has 0 aliphatic carbocycles. The molecule has 2 amide bonds. The second-order valence-electron chi connectivity index (χ2n) is 8.39. The van der Waals surface area contributed by atoms with Gasteiger partial charge >= 0.3 is 0 Å². The van der Waals surface area contributed by atoms with E-state index in [0.717, 1.165) is 21.7 Å². The molecule has 0 saturated heterocycles. The van der Waals surface area contributed by atoms with Gasteiger partial charge in [-0.05, 0) is 42.7 Å². The zero-order chi connectivity index (χ0) is 24.5. The van der Waals surface area contributed by atoms with Gasteiger partial charge in [0.1, 0.15) is 10.6 Å². The van der Waals surface area contributed by atoms with E-state index in [4.69, 9.17) is 9.40 Å². The van der Waals surface area contributed by atoms with E-state index in [9.17, 15) is 14.4 Å². The van der Waals surface area contributed by atoms with Crippen molar-refractivity contribution in [2.75, 3.05) is 17.6 Å². The molecule has 0 radical (unpaired) electrons. The van der Waals surface area contributed by atoms with Crippen LogP contribution in [0.1, 0.15) is 28.7 Å². The van der Waals surface area contributed by atoms with Gasteiger partial charge in [-0.2, -0.15) is 0 Å². The highest BCUT2D eigenvalue weighted by Gasteiger charge is 2.26. The largest absolute Gasteiger partial charge is 0.467 e. The van der Waals surface area contributed by atoms with E-state index in [1.54, 1.807) is 28.7 Å². The van der Waals surface area contributed by atoms with Gasteiger partial charge in [-0.3, -0.25) is 19.0 Å². The Hall–Kier alpha value is -3.37. The normalized spacial score (nSPS) is 13.1. The number of carbonyl (C=O) groups is 2. The number of nitrogens with one attached hydrogen (secondary N) is 1. The Balaban J connectivity index is 1.48. The summed E-state index contributed by atoms with van der Waals surface area (Å²) in [6, 6.07) is 11.2. The second kappa shape index (κ2) is 9.71. The average molecular weight is 509 g/mol. The van der Waals surface area contributed by atoms with Crippen molar-refractivity contribution < 1.29 is 14.0 Å². The molecule has 35 heavy (non-hydrogen) atoms. The molecule has 0 unspecified atom stereocenters. The lowest BCUT2D eigenvalue weighted by Crippen LogP contribution is -2.34. The lowest BCUT2D eigenvalue weighted by molar-refractivity contribution is -0.129. The molecule has 1 aliphatic rings. The van der Waals surface area contributed by atoms with Crippen LogP contribution in [-0.2, 0) is 29.1 Å². The summed E-state index contributed by atoms with van der Waals surface area (Å²) < 4.78 is 7.07. The summed E-state index contributed by atoms with van der Waals surface area (Å²) in [5, 5.41) is 3.99. The first kappa shape index (κ1) is 23.4. The van der Waals surface area contributed by atoms with Crippen LogP contribution in [0, 0.1) is 6.92 Å². The number of aryl methyl sites for hydroxylation is 1. The van der Waals surface area contributed by atoms with Crippen LogP contribution in [-0.4, -0.2) is 38.6 Å². The van der Waals surface area contributed by atoms with E-state index in [0.29, 0.717) is 40.6 Å². The number of nitrogens with zero attached hydrogens (tertiary/aromatic N) is 3. The molecule has 1 aliphatic heterocycles. The molecular formula is C25H24N4O4S2. The van der Waals surface area contributed by atoms with Crippen molar-refractivity contribution in [3.8, 4) is 0 Å². The average Bonchev–Trinajstić information content (AvgIpc) is 3.48. The molecule has 0 fully saturated rings. The summed E-state index contributed by atoms with van der Waals surface area (Å²) in [5.74, 6) is 0.581. The van der Waals surface area contributed by atoms with Crippen LogP contribution >= 0.6 is 23.1 Å². The topological polar surface area (TPSA) is 97.4 Å². The van der Waals surface area contributed by atoms with Gasteiger partial charge in [0.15, 0.2) is 5.16 Å². The van der Waals surface area contributed by atoms with E-state index in [-0.39, 0.29) is 29.7 Å². The number of benzene rings is 1. The molecule has 180 valence electrons. The van der Waals surface area contributed by atoms with Gasteiger partial charge in [-0.25, -0.2) is 4.98 Å². The van der Waals surface area contributed by atoms with Crippen molar-refractivity contribution in [2.45, 2.75) is 38.5 Å². The summed E-state index contributed by atoms with van der Waals surface area (Å²) in [5.41, 5.74) is 2.56. The number of amides is 2. The van der Waals surface area contributed by atoms with Crippen molar-refractivity contribution in [2.24, 2.45) is 0 Å². The molecule has 5 rings (SSSR count). The second-order valence-corrected chi connectivity index (χ2v) is 10.4. The van der Waals surface area contributed by atoms with Crippen LogP contribution in [0.15, 0.2) is 57.0 Å². The summed E-state index contributed by atoms with van der Waals surface area (Å²) in [4.78, 5) is 46.5. The van der Waals surface area contributed by atoms with E-state index >= 15 is 0 Å². The number of furan rings is 1. The first-order valence-corrected chi connectivity index (χ1v) is 13.0. The van der Waals surface area contributed by atoms with Crippen molar-refractivity contribution in [3.63, 3.8) is 0 Å². The van der Waals surface area contributed by atoms with Crippen LogP contribution in [0.3, 0.4) is 0 Å². The number of thioether (sulfide) groups is 1. The number of thiophene rings is 1. The highest BCUT2D eigenvalue weighted by Crippen LogP contribution is 2.34. The predicted molar refractivity (Wildman–Crippen MR) is 137 cm³/mol. The third kappa shape index (κ3) is 4.76. The van der Waals surface area contributed by atoms with Gasteiger partial charge in [0.05, 0.1) is 30.5 Å². The first-order chi connectivity index (χ1) is 16.9. The van der Waals surface area contributed by atoms with Crippen LogP contribution in [0.2, 0.25) is 0 Å². The molecule has 10 heteroatoms. The molecule has 4 heterocycles. The zero-order valence-electron chi connectivity index (χ0n) is 19.4. The summed E-state index contributed by atoms with van der Waals surface area (Å²) in [7, 11) is 0. The summed E-state index contributed by atoms with van der Waals surface area (Å²) in [6.45, 7) is 4.79. The minimum Gasteiger partial charge on any atom is -0.467 e. The SMILES string of the molecule is CC(=O)N1CCc2c(sc3nc(SCC(=O)Nc4ccccc4C)n(Cc4ccco4)c(=O)c23)C1. The van der Waals surface area contributed by atoms with E-state index in [1.807, 2.05) is 37.3 Å². The number of aromatic nitrogens is 2. The minimum absolute atomic E-state index is 0.0206. The molecule has 0 atom stereocenters. The zero-order valence-corrected chi connectivity index (χ0v) is 21.0. The van der Waals surface area contributed by atoms with Gasteiger partial charge in [-0.15, -0.1) is 11.3 Å². The van der Waals surface area contributed by atoms with Gasteiger partial charge in [0.2, 0.25) is 11.8 Å². The van der Waals surface area contributed by atoms with Crippen LogP contribution in [0.25, 0.3) is 10.2 Å². The molecule has 0 saturated carbocycles. The number of rotatable bonds is 6. The Bertz CT molecular complexity index is 1470. The Labute approximate surface area is 210 Å². The number of hydrogen-bond donors (Lipinski definition) is 1. The van der Waals surface area contributed by atoms with Crippen molar-refractivity contribution in [3.05, 3.63) is 74.8 Å². The number of hydrogen-bond acceptors (Lipinski definition) is 7. The Morgan fingerprint density at radius 3 is 2.80 bits per heavy atom. The standard InChI is InChI=1S/C25H24N4O4S2/c1-15-6-3-4-8-19(15)26-21(31)14-34-25-27-23-22(24(32)29(25)12-17-7-5-11-33-17)18-9-10-28(16(2)30)13-20(18)35-23/h3-8,11H,9-10,12-14H2,1-2H3,(H,26,31). The van der Waals surface area contributed by atoms with E-state index in [1.165, 1.54) is 23.1 Å². The monoisotopic (exact) mass is 508 g/mol. The summed E-state index contributed by atoms with van der Waals surface area (Å²) in [6.07, 6.45) is 2.19. The van der Waals surface area contributed by atoms with Gasteiger partial charge in [-0.1, -0.05) is 30.0 Å². The highest BCUT2D eigenvalue weighted by atomic mass is 32.2. The number of anilines is 1. The molecule has 0 spiro atoms. The van der Waals surface area contributed by atoms with Crippen LogP contribution in [0.5, 0.6) is 0 Å². The fraction of sp³-hybridized carbons (Fsp3) is 0.280. The van der Waals surface area contributed by atoms with Gasteiger partial charge in [0, 0.05) is 24.0 Å². The highest BCUT2D eigenvalue weighted by molar-refractivity contribution is 7.99. The van der Waals surface area contributed by atoms with Gasteiger partial charge < -0.3 is 14.6 Å². The third-order valence-electron chi connectivity index (χ3n) is 6.02. The number of carbonyl (C=O) groups excluding carboxylic acids is 2. The van der Waals surface area contributed by atoms with Crippen molar-refractivity contribution in [1.29, 1.82) is 0 Å². The van der Waals surface area contributed by atoms with Gasteiger partial charge in [0.25, 0.3) is 5.56 Å². The molecular weight excluding hydrogens is 484 g/mol. The third-order valence-corrected chi connectivity index (χ3v) is 8.10. The van der Waals surface area contributed by atoms with Crippen LogP contribution < -0.4 is 10.9 Å². The maximum absolute atomic E-state index is 13.7. The first-order valence-electron chi connectivity index (χ1n) is 11.2. The molecule has 3 aromatic heterocycles. The molecule has 4 aromatic rings. The molecule has 0 bridgehead atoms. The maximum atomic E-state index is 13.7. The molecule has 1 N–H and O–H groups in total. The van der Waals surface area contributed by atoms with E-state index in [2.05, 4.69) is 5.32 Å². The Morgan fingerprint density at radius 1 is 1.23 bits per heavy atom. The lowest BCUT2D eigenvalue weighted by Gasteiger charge is -2.25. The van der Waals surface area contributed by atoms with Crippen molar-refractivity contribution >= 4 is 50.8 Å². The van der Waals surface area contributed by atoms with Crippen molar-refractivity contribution in [1.82, 2.24) is 14.5 Å². The fourth-order valence-electron chi connectivity index (χ4n) is 4.16. The molecule has 1 aromatic carbocycles. The smallest absolute Gasteiger partial charge is 0.263 e. The minimum atomic E-state index is -0.175. The fourth-order valence-corrected chi connectivity index (χ4v) is 6.24. The van der Waals surface area contributed by atoms with Crippen LogP contribution in [0.4, 0.5) is 5.69 Å². The lowest BCUT2D eigenvalue weighted by atomic mass is 10.1. The predicted octanol–water partition coefficient (Wildman–Crippen LogP) is 4.04.